The number of carbonyl (C=O) groups is 1. The van der Waals surface area contributed by atoms with Crippen LogP contribution >= 0.6 is 34.7 Å². The smallest absolute Gasteiger partial charge is 0.351 e. The van der Waals surface area contributed by atoms with Crippen LogP contribution < -0.4 is 0 Å². The molecule has 1 aromatic carbocycles. The summed E-state index contributed by atoms with van der Waals surface area (Å²) >= 11 is 8.69. The molecule has 0 spiro atoms. The van der Waals surface area contributed by atoms with Crippen LogP contribution in [0.2, 0.25) is 5.15 Å². The molecule has 19 heavy (non-hydrogen) atoms. The van der Waals surface area contributed by atoms with Gasteiger partial charge >= 0.3 is 5.97 Å². The van der Waals surface area contributed by atoms with Crippen molar-refractivity contribution in [3.63, 3.8) is 0 Å². The zero-order valence-electron chi connectivity index (χ0n) is 10.7. The maximum absolute atomic E-state index is 11.5. The second-order valence-corrected chi connectivity index (χ2v) is 6.61. The maximum Gasteiger partial charge on any atom is 0.351 e. The quantitative estimate of drug-likeness (QED) is 0.790. The maximum atomic E-state index is 11.5. The first-order chi connectivity index (χ1) is 9.01. The minimum absolute atomic E-state index is 0.199. The molecule has 0 amide bonds. The lowest BCUT2D eigenvalue weighted by Crippen LogP contribution is -1.98. The number of ether oxygens (including phenoxy) is 1. The molecule has 6 heteroatoms. The summed E-state index contributed by atoms with van der Waals surface area (Å²) in [5, 5.41) is 0.199. The SMILES string of the molecule is COC(=O)c1sc(Sc2cc(C)ccc2C)nc1Cl. The topological polar surface area (TPSA) is 39.2 Å². The van der Waals surface area contributed by atoms with E-state index in [0.717, 1.165) is 9.24 Å². The van der Waals surface area contributed by atoms with Gasteiger partial charge < -0.3 is 4.74 Å². The first-order valence-corrected chi connectivity index (χ1v) is 7.52. The highest BCUT2D eigenvalue weighted by Crippen LogP contribution is 2.36. The first kappa shape index (κ1) is 14.4. The molecule has 0 saturated heterocycles. The van der Waals surface area contributed by atoms with Gasteiger partial charge in [-0.25, -0.2) is 9.78 Å². The van der Waals surface area contributed by atoms with Crippen LogP contribution in [0.25, 0.3) is 0 Å². The van der Waals surface area contributed by atoms with Gasteiger partial charge in [-0.15, -0.1) is 0 Å². The molecule has 0 aliphatic rings. The largest absolute Gasteiger partial charge is 0.465 e. The lowest BCUT2D eigenvalue weighted by Gasteiger charge is -2.03. The summed E-state index contributed by atoms with van der Waals surface area (Å²) in [7, 11) is 1.33. The van der Waals surface area contributed by atoms with Crippen molar-refractivity contribution in [2.24, 2.45) is 0 Å². The molecular formula is C13H12ClNO2S2. The molecule has 3 nitrogen and oxygen atoms in total. The van der Waals surface area contributed by atoms with E-state index in [-0.39, 0.29) is 5.15 Å². The van der Waals surface area contributed by atoms with E-state index in [1.54, 1.807) is 0 Å². The number of aryl methyl sites for hydroxylation is 2. The summed E-state index contributed by atoms with van der Waals surface area (Å²) < 4.78 is 5.40. The fraction of sp³-hybridized carbons (Fsp3) is 0.231. The van der Waals surface area contributed by atoms with Gasteiger partial charge in [-0.3, -0.25) is 0 Å². The summed E-state index contributed by atoms with van der Waals surface area (Å²) in [4.78, 5) is 17.1. The number of rotatable bonds is 3. The monoisotopic (exact) mass is 313 g/mol. The van der Waals surface area contributed by atoms with Gasteiger partial charge in [0, 0.05) is 4.90 Å². The van der Waals surface area contributed by atoms with Gasteiger partial charge in [-0.1, -0.05) is 46.8 Å². The van der Waals surface area contributed by atoms with Crippen LogP contribution in [-0.4, -0.2) is 18.1 Å². The standard InChI is InChI=1S/C13H12ClNO2S2/c1-7-4-5-8(2)9(6-7)18-13-15-11(14)10(19-13)12(16)17-3/h4-6H,1-3H3. The molecule has 2 aromatic rings. The van der Waals surface area contributed by atoms with Crippen LogP contribution in [0.4, 0.5) is 0 Å². The molecule has 0 radical (unpaired) electrons. The van der Waals surface area contributed by atoms with Gasteiger partial charge in [0.25, 0.3) is 0 Å². The molecule has 0 saturated carbocycles. The Kier molecular flexibility index (Phi) is 4.50. The number of esters is 1. The number of aromatic nitrogens is 1. The third-order valence-electron chi connectivity index (χ3n) is 2.48. The molecule has 0 fully saturated rings. The first-order valence-electron chi connectivity index (χ1n) is 5.51. The predicted molar refractivity (Wildman–Crippen MR) is 78.5 cm³/mol. The molecule has 0 bridgehead atoms. The number of nitrogens with zero attached hydrogens (tertiary/aromatic N) is 1. The second kappa shape index (κ2) is 5.94. The minimum atomic E-state index is -0.449. The summed E-state index contributed by atoms with van der Waals surface area (Å²) in [5.74, 6) is -0.449. The van der Waals surface area contributed by atoms with Gasteiger partial charge in [-0.05, 0) is 31.0 Å². The number of benzene rings is 1. The van der Waals surface area contributed by atoms with Gasteiger partial charge in [-0.2, -0.15) is 0 Å². The highest BCUT2D eigenvalue weighted by molar-refractivity contribution is 8.01. The third-order valence-corrected chi connectivity index (χ3v) is 5.12. The average molecular weight is 314 g/mol. The molecule has 0 atom stereocenters. The number of halogens is 1. The molecule has 0 aliphatic carbocycles. The molecule has 2 rings (SSSR count). The number of methoxy groups -OCH3 is 1. The Morgan fingerprint density at radius 2 is 2.16 bits per heavy atom. The third kappa shape index (κ3) is 3.29. The number of thiazole rings is 1. The number of hydrogen-bond acceptors (Lipinski definition) is 5. The molecule has 1 heterocycles. The zero-order chi connectivity index (χ0) is 14.0. The van der Waals surface area contributed by atoms with Crippen LogP contribution in [0, 0.1) is 13.8 Å². The van der Waals surface area contributed by atoms with Crippen LogP contribution in [0.3, 0.4) is 0 Å². The van der Waals surface area contributed by atoms with E-state index in [4.69, 9.17) is 11.6 Å². The Bertz CT molecular complexity index is 625. The van der Waals surface area contributed by atoms with Gasteiger partial charge in [0.1, 0.15) is 0 Å². The fourth-order valence-electron chi connectivity index (χ4n) is 1.46. The van der Waals surface area contributed by atoms with Crippen LogP contribution in [0.15, 0.2) is 27.4 Å². The van der Waals surface area contributed by atoms with Gasteiger partial charge in [0.2, 0.25) is 0 Å². The Labute approximate surface area is 125 Å². The Morgan fingerprint density at radius 3 is 2.84 bits per heavy atom. The van der Waals surface area contributed by atoms with Crippen LogP contribution in [-0.2, 0) is 4.74 Å². The van der Waals surface area contributed by atoms with Crippen molar-refractivity contribution < 1.29 is 9.53 Å². The Hall–Kier alpha value is -1.04. The molecule has 0 aliphatic heterocycles. The summed E-state index contributed by atoms with van der Waals surface area (Å²) in [6.07, 6.45) is 0. The molecule has 100 valence electrons. The molecule has 1 aromatic heterocycles. The van der Waals surface area contributed by atoms with Crippen molar-refractivity contribution in [1.29, 1.82) is 0 Å². The van der Waals surface area contributed by atoms with E-state index in [2.05, 4.69) is 27.9 Å². The Morgan fingerprint density at radius 1 is 1.42 bits per heavy atom. The molecule has 0 N–H and O–H groups in total. The van der Waals surface area contributed by atoms with Crippen LogP contribution in [0.5, 0.6) is 0 Å². The van der Waals surface area contributed by atoms with E-state index in [9.17, 15) is 4.79 Å². The van der Waals surface area contributed by atoms with Crippen LogP contribution in [0.1, 0.15) is 20.8 Å². The average Bonchev–Trinajstić information content (AvgIpc) is 2.74. The normalized spacial score (nSPS) is 10.5. The number of carbonyl (C=O) groups excluding carboxylic acids is 1. The van der Waals surface area contributed by atoms with E-state index < -0.39 is 5.97 Å². The molecular weight excluding hydrogens is 302 g/mol. The zero-order valence-corrected chi connectivity index (χ0v) is 13.1. The fourth-order valence-corrected chi connectivity index (χ4v) is 3.93. The van der Waals surface area contributed by atoms with E-state index >= 15 is 0 Å². The van der Waals surface area contributed by atoms with E-state index in [0.29, 0.717) is 4.88 Å². The lowest BCUT2D eigenvalue weighted by molar-refractivity contribution is 0.0606. The van der Waals surface area contributed by atoms with Crippen molar-refractivity contribution in [3.05, 3.63) is 39.4 Å². The highest BCUT2D eigenvalue weighted by atomic mass is 35.5. The lowest BCUT2D eigenvalue weighted by atomic mass is 10.2. The summed E-state index contributed by atoms with van der Waals surface area (Å²) in [6, 6.07) is 6.22. The minimum Gasteiger partial charge on any atom is -0.465 e. The number of hydrogen-bond donors (Lipinski definition) is 0. The molecule has 0 unspecified atom stereocenters. The van der Waals surface area contributed by atoms with Crippen molar-refractivity contribution in [3.8, 4) is 0 Å². The Balaban J connectivity index is 2.29. The summed E-state index contributed by atoms with van der Waals surface area (Å²) in [5.41, 5.74) is 2.35. The van der Waals surface area contributed by atoms with E-state index in [1.165, 1.54) is 41.3 Å². The second-order valence-electron chi connectivity index (χ2n) is 3.96. The van der Waals surface area contributed by atoms with Crippen molar-refractivity contribution >= 4 is 40.7 Å². The van der Waals surface area contributed by atoms with E-state index in [1.807, 2.05) is 13.8 Å². The van der Waals surface area contributed by atoms with Crippen molar-refractivity contribution in [2.45, 2.75) is 23.1 Å². The van der Waals surface area contributed by atoms with Crippen molar-refractivity contribution in [2.75, 3.05) is 7.11 Å². The van der Waals surface area contributed by atoms with Gasteiger partial charge in [0.15, 0.2) is 14.4 Å². The highest BCUT2D eigenvalue weighted by Gasteiger charge is 2.18. The van der Waals surface area contributed by atoms with Crippen molar-refractivity contribution in [1.82, 2.24) is 4.98 Å². The summed E-state index contributed by atoms with van der Waals surface area (Å²) in [6.45, 7) is 4.08. The van der Waals surface area contributed by atoms with Gasteiger partial charge in [0.05, 0.1) is 7.11 Å². The predicted octanol–water partition coefficient (Wildman–Crippen LogP) is 4.35.